The Balaban J connectivity index is 1.31. The van der Waals surface area contributed by atoms with Crippen LogP contribution in [0.1, 0.15) is 30.7 Å². The van der Waals surface area contributed by atoms with Crippen molar-refractivity contribution in [1.82, 2.24) is 19.8 Å². The fourth-order valence-electron chi connectivity index (χ4n) is 4.61. The average molecular weight is 460 g/mol. The van der Waals surface area contributed by atoms with Crippen LogP contribution in [-0.2, 0) is 4.79 Å². The summed E-state index contributed by atoms with van der Waals surface area (Å²) in [5, 5.41) is 0. The minimum atomic E-state index is 0.231. The third-order valence-corrected chi connectivity index (χ3v) is 6.46. The molecule has 8 nitrogen and oxygen atoms in total. The summed E-state index contributed by atoms with van der Waals surface area (Å²) in [4.78, 5) is 28.0. The second-order valence-electron chi connectivity index (χ2n) is 8.68. The molecule has 0 unspecified atom stereocenters. The first-order valence-electron chi connectivity index (χ1n) is 11.9. The van der Waals surface area contributed by atoms with Gasteiger partial charge in [-0.15, -0.1) is 0 Å². The molecule has 34 heavy (non-hydrogen) atoms. The van der Waals surface area contributed by atoms with Crippen LogP contribution < -0.4 is 9.64 Å². The molecule has 2 aliphatic rings. The fraction of sp³-hybridized carbons (Fsp3) is 0.423. The van der Waals surface area contributed by atoms with Gasteiger partial charge in [0.15, 0.2) is 11.1 Å². The molecule has 4 heterocycles. The molecule has 2 fully saturated rings. The number of ether oxygens (including phenoxy) is 1. The first-order chi connectivity index (χ1) is 16.7. The van der Waals surface area contributed by atoms with Crippen molar-refractivity contribution < 1.29 is 13.9 Å². The van der Waals surface area contributed by atoms with Crippen molar-refractivity contribution in [2.75, 3.05) is 57.8 Å². The summed E-state index contributed by atoms with van der Waals surface area (Å²) < 4.78 is 11.6. The molecule has 0 bridgehead atoms. The van der Waals surface area contributed by atoms with E-state index in [1.807, 2.05) is 29.2 Å². The molecule has 0 aliphatic carbocycles. The van der Waals surface area contributed by atoms with Crippen molar-refractivity contribution >= 4 is 22.7 Å². The predicted molar refractivity (Wildman–Crippen MR) is 130 cm³/mol. The number of hydrogen-bond acceptors (Lipinski definition) is 7. The number of methoxy groups -OCH3 is 1. The van der Waals surface area contributed by atoms with Crippen LogP contribution in [0.4, 0.5) is 5.69 Å². The maximum absolute atomic E-state index is 12.8. The molecule has 2 aromatic heterocycles. The second kappa shape index (κ2) is 10.1. The zero-order valence-corrected chi connectivity index (χ0v) is 19.5. The van der Waals surface area contributed by atoms with Crippen molar-refractivity contribution in [2.45, 2.75) is 19.3 Å². The van der Waals surface area contributed by atoms with Gasteiger partial charge in [-0.05, 0) is 56.1 Å². The van der Waals surface area contributed by atoms with E-state index in [2.05, 4.69) is 31.6 Å². The van der Waals surface area contributed by atoms with E-state index in [9.17, 15) is 4.79 Å². The fourth-order valence-corrected chi connectivity index (χ4v) is 4.61. The number of likely N-dealkylation sites (tertiary alicyclic amines) is 1. The molecule has 3 aromatic rings. The SMILES string of the molecule is COc1ccc(N2CCN(C(=O)CN3CCCCC3)CC2)c2oc(C#Cc3cccnc3)nc12. The normalized spacial score (nSPS) is 16.9. The van der Waals surface area contributed by atoms with E-state index in [1.54, 1.807) is 19.5 Å². The van der Waals surface area contributed by atoms with E-state index in [1.165, 1.54) is 19.3 Å². The van der Waals surface area contributed by atoms with Gasteiger partial charge in [-0.25, -0.2) is 0 Å². The summed E-state index contributed by atoms with van der Waals surface area (Å²) in [5.41, 5.74) is 3.05. The van der Waals surface area contributed by atoms with Gasteiger partial charge >= 0.3 is 0 Å². The monoisotopic (exact) mass is 459 g/mol. The third-order valence-electron chi connectivity index (χ3n) is 6.46. The highest BCUT2D eigenvalue weighted by atomic mass is 16.5. The van der Waals surface area contributed by atoms with E-state index >= 15 is 0 Å². The Bertz CT molecular complexity index is 1200. The van der Waals surface area contributed by atoms with Crippen molar-refractivity contribution in [3.05, 3.63) is 48.1 Å². The molecular formula is C26H29N5O3. The molecule has 1 aromatic carbocycles. The van der Waals surface area contributed by atoms with Crippen LogP contribution in [0, 0.1) is 11.8 Å². The average Bonchev–Trinajstić information content (AvgIpc) is 3.32. The van der Waals surface area contributed by atoms with Crippen molar-refractivity contribution in [3.63, 3.8) is 0 Å². The highest BCUT2D eigenvalue weighted by Gasteiger charge is 2.26. The number of oxazole rings is 1. The molecule has 2 aliphatic heterocycles. The van der Waals surface area contributed by atoms with Gasteiger partial charge in [0.25, 0.3) is 5.89 Å². The molecule has 176 valence electrons. The molecule has 0 N–H and O–H groups in total. The number of piperazine rings is 1. The Morgan fingerprint density at radius 2 is 1.88 bits per heavy atom. The van der Waals surface area contributed by atoms with Crippen LogP contribution in [0.15, 0.2) is 41.1 Å². The van der Waals surface area contributed by atoms with E-state index in [0.717, 1.165) is 37.4 Å². The summed E-state index contributed by atoms with van der Waals surface area (Å²) in [7, 11) is 1.62. The number of amides is 1. The minimum Gasteiger partial charge on any atom is -0.494 e. The quantitative estimate of drug-likeness (QED) is 0.556. The largest absolute Gasteiger partial charge is 0.494 e. The van der Waals surface area contributed by atoms with Crippen LogP contribution >= 0.6 is 0 Å². The Kier molecular flexibility index (Phi) is 6.63. The first kappa shape index (κ1) is 22.2. The van der Waals surface area contributed by atoms with Gasteiger partial charge in [-0.3, -0.25) is 14.7 Å². The van der Waals surface area contributed by atoms with Gasteiger partial charge in [0.2, 0.25) is 5.91 Å². The Labute approximate surface area is 199 Å². The van der Waals surface area contributed by atoms with E-state index in [-0.39, 0.29) is 5.91 Å². The molecule has 0 radical (unpaired) electrons. The van der Waals surface area contributed by atoms with Crippen LogP contribution in [-0.4, -0.2) is 78.6 Å². The maximum Gasteiger partial charge on any atom is 0.274 e. The zero-order chi connectivity index (χ0) is 23.3. The third kappa shape index (κ3) is 4.85. The molecular weight excluding hydrogens is 430 g/mol. The van der Waals surface area contributed by atoms with E-state index in [0.29, 0.717) is 42.4 Å². The molecule has 0 saturated carbocycles. The zero-order valence-electron chi connectivity index (χ0n) is 19.5. The molecule has 1 amide bonds. The van der Waals surface area contributed by atoms with Crippen LogP contribution in [0.25, 0.3) is 11.1 Å². The van der Waals surface area contributed by atoms with Gasteiger partial charge in [-0.1, -0.05) is 12.3 Å². The molecule has 2 saturated heterocycles. The predicted octanol–water partition coefficient (Wildman–Crippen LogP) is 2.77. The van der Waals surface area contributed by atoms with Gasteiger partial charge in [0.1, 0.15) is 5.75 Å². The number of anilines is 1. The number of carbonyl (C=O) groups is 1. The lowest BCUT2D eigenvalue weighted by molar-refractivity contribution is -0.132. The molecule has 5 rings (SSSR count). The Morgan fingerprint density at radius 1 is 1.06 bits per heavy atom. The lowest BCUT2D eigenvalue weighted by atomic mass is 10.1. The lowest BCUT2D eigenvalue weighted by Gasteiger charge is -2.37. The second-order valence-corrected chi connectivity index (χ2v) is 8.68. The Morgan fingerprint density at radius 3 is 2.62 bits per heavy atom. The van der Waals surface area contributed by atoms with Crippen molar-refractivity contribution in [2.24, 2.45) is 0 Å². The van der Waals surface area contributed by atoms with Crippen molar-refractivity contribution in [3.8, 4) is 17.6 Å². The number of benzene rings is 1. The highest BCUT2D eigenvalue weighted by molar-refractivity contribution is 5.92. The van der Waals surface area contributed by atoms with Crippen LogP contribution in [0.3, 0.4) is 0 Å². The van der Waals surface area contributed by atoms with Crippen LogP contribution in [0.2, 0.25) is 0 Å². The summed E-state index contributed by atoms with van der Waals surface area (Å²) >= 11 is 0. The number of aromatic nitrogens is 2. The van der Waals surface area contributed by atoms with Crippen molar-refractivity contribution in [1.29, 1.82) is 0 Å². The number of nitrogens with zero attached hydrogens (tertiary/aromatic N) is 5. The standard InChI is InChI=1S/C26H29N5O3/c1-33-22-9-8-21(26-25(22)28-23(34-26)10-7-20-6-5-11-27-18-20)30-14-16-31(17-15-30)24(32)19-29-12-3-2-4-13-29/h5-6,8-9,11,18H,2-4,12-17,19H2,1H3. The van der Waals surface area contributed by atoms with Crippen LogP contribution in [0.5, 0.6) is 5.75 Å². The summed E-state index contributed by atoms with van der Waals surface area (Å²) in [6, 6.07) is 7.64. The summed E-state index contributed by atoms with van der Waals surface area (Å²) in [5.74, 6) is 7.24. The molecule has 8 heteroatoms. The van der Waals surface area contributed by atoms with Gasteiger partial charge in [0.05, 0.1) is 19.3 Å². The number of piperidine rings is 1. The number of carbonyl (C=O) groups excluding carboxylic acids is 1. The lowest BCUT2D eigenvalue weighted by Crippen LogP contribution is -2.51. The van der Waals surface area contributed by atoms with Gasteiger partial charge in [-0.2, -0.15) is 4.98 Å². The number of pyridine rings is 1. The van der Waals surface area contributed by atoms with E-state index < -0.39 is 0 Å². The topological polar surface area (TPSA) is 74.9 Å². The maximum atomic E-state index is 12.8. The Hall–Kier alpha value is -3.57. The van der Waals surface area contributed by atoms with E-state index in [4.69, 9.17) is 9.15 Å². The highest BCUT2D eigenvalue weighted by Crippen LogP contribution is 2.34. The molecule has 0 spiro atoms. The first-order valence-corrected chi connectivity index (χ1v) is 11.9. The van der Waals surface area contributed by atoms with Gasteiger partial charge in [0, 0.05) is 44.1 Å². The minimum absolute atomic E-state index is 0.231. The summed E-state index contributed by atoms with van der Waals surface area (Å²) in [6.45, 7) is 5.48. The number of rotatable bonds is 4. The number of fused-ring (bicyclic) bond motifs is 1. The summed E-state index contributed by atoms with van der Waals surface area (Å²) in [6.07, 6.45) is 7.08. The number of hydrogen-bond donors (Lipinski definition) is 0. The molecule has 0 atom stereocenters. The smallest absolute Gasteiger partial charge is 0.274 e. The van der Waals surface area contributed by atoms with Gasteiger partial charge < -0.3 is 19.0 Å².